The molecule has 2 aromatic carbocycles. The predicted molar refractivity (Wildman–Crippen MR) is 114 cm³/mol. The number of benzene rings is 2. The lowest BCUT2D eigenvalue weighted by Crippen LogP contribution is -2.13. The zero-order valence-corrected chi connectivity index (χ0v) is 17.2. The third-order valence-corrected chi connectivity index (χ3v) is 5.09. The Morgan fingerprint density at radius 3 is 2.45 bits per heavy atom. The molecule has 0 spiro atoms. The highest BCUT2D eigenvalue weighted by Crippen LogP contribution is 2.25. The van der Waals surface area contributed by atoms with Crippen molar-refractivity contribution in [2.24, 2.45) is 0 Å². The fourth-order valence-electron chi connectivity index (χ4n) is 3.33. The van der Waals surface area contributed by atoms with Crippen LogP contribution in [0.1, 0.15) is 29.2 Å². The minimum absolute atomic E-state index is 0.0275. The maximum atomic E-state index is 12.8. The van der Waals surface area contributed by atoms with Crippen molar-refractivity contribution in [3.05, 3.63) is 82.6 Å². The Kier molecular flexibility index (Phi) is 7.44. The number of aromatic nitrogens is 2. The van der Waals surface area contributed by atoms with Crippen LogP contribution >= 0.6 is 11.6 Å². The van der Waals surface area contributed by atoms with Gasteiger partial charge in [-0.1, -0.05) is 35.9 Å². The highest BCUT2D eigenvalue weighted by atomic mass is 35.5. The summed E-state index contributed by atoms with van der Waals surface area (Å²) in [5.74, 6) is 0.919. The van der Waals surface area contributed by atoms with Crippen LogP contribution in [0.4, 0.5) is 0 Å². The smallest absolute Gasteiger partial charge is 0.137 e. The molecule has 0 unspecified atom stereocenters. The van der Waals surface area contributed by atoms with E-state index >= 15 is 0 Å². The summed E-state index contributed by atoms with van der Waals surface area (Å²) in [6.45, 7) is 0.466. The molecule has 29 heavy (non-hydrogen) atoms. The summed E-state index contributed by atoms with van der Waals surface area (Å²) >= 11 is 5.93. The molecule has 1 atom stereocenters. The highest BCUT2D eigenvalue weighted by molar-refractivity contribution is 6.30. The van der Waals surface area contributed by atoms with Gasteiger partial charge in [-0.05, 0) is 47.9 Å². The molecule has 152 valence electrons. The normalized spacial score (nSPS) is 12.0. The average molecular weight is 413 g/mol. The molecule has 3 aromatic rings. The number of ketones is 1. The first kappa shape index (κ1) is 21.1. The molecule has 6 heteroatoms. The van der Waals surface area contributed by atoms with Gasteiger partial charge in [-0.25, -0.2) is 0 Å². The van der Waals surface area contributed by atoms with Gasteiger partial charge in [0.25, 0.3) is 0 Å². The van der Waals surface area contributed by atoms with Crippen LogP contribution < -0.4 is 4.74 Å². The second-order valence-corrected chi connectivity index (χ2v) is 7.46. The minimum atomic E-state index is -0.0388. The topological polar surface area (TPSA) is 64.3 Å². The Morgan fingerprint density at radius 2 is 1.79 bits per heavy atom. The van der Waals surface area contributed by atoms with Gasteiger partial charge in [0.1, 0.15) is 11.5 Å². The van der Waals surface area contributed by atoms with E-state index in [9.17, 15) is 4.79 Å². The van der Waals surface area contributed by atoms with E-state index in [0.29, 0.717) is 30.8 Å². The lowest BCUT2D eigenvalue weighted by Gasteiger charge is -2.15. The van der Waals surface area contributed by atoms with Gasteiger partial charge in [0.15, 0.2) is 0 Å². The molecule has 0 aliphatic carbocycles. The van der Waals surface area contributed by atoms with E-state index < -0.39 is 0 Å². The van der Waals surface area contributed by atoms with E-state index in [4.69, 9.17) is 21.4 Å². The molecule has 0 saturated carbocycles. The lowest BCUT2D eigenvalue weighted by molar-refractivity contribution is -0.118. The number of carbonyl (C=O) groups is 1. The summed E-state index contributed by atoms with van der Waals surface area (Å²) in [4.78, 5) is 12.8. The SMILES string of the molecule is COc1ccc(C[C@H](CC(=O)Cc2ccc(Cl)cc2)c2ccn(CCO)n2)cc1. The van der Waals surface area contributed by atoms with E-state index in [1.807, 2.05) is 48.7 Å². The molecule has 0 saturated heterocycles. The standard InChI is InChI=1S/C23H25ClN2O3/c1-29-22-8-4-17(5-9-22)14-19(23-10-11-26(25-23)12-13-27)16-21(28)15-18-2-6-20(24)7-3-18/h2-11,19,27H,12-16H2,1H3/t19-/m1/s1. The lowest BCUT2D eigenvalue weighted by atomic mass is 9.90. The zero-order chi connectivity index (χ0) is 20.6. The molecule has 0 aliphatic heterocycles. The van der Waals surface area contributed by atoms with Crippen molar-refractivity contribution in [2.75, 3.05) is 13.7 Å². The molecule has 1 heterocycles. The van der Waals surface area contributed by atoms with Crippen LogP contribution in [0.3, 0.4) is 0 Å². The van der Waals surface area contributed by atoms with E-state index in [2.05, 4.69) is 5.10 Å². The first-order chi connectivity index (χ1) is 14.1. The van der Waals surface area contributed by atoms with E-state index in [-0.39, 0.29) is 18.3 Å². The third-order valence-electron chi connectivity index (χ3n) is 4.84. The Morgan fingerprint density at radius 1 is 1.10 bits per heavy atom. The second kappa shape index (κ2) is 10.2. The van der Waals surface area contributed by atoms with E-state index in [1.165, 1.54) is 0 Å². The molecular weight excluding hydrogens is 388 g/mol. The maximum Gasteiger partial charge on any atom is 0.137 e. The van der Waals surface area contributed by atoms with E-state index in [0.717, 1.165) is 22.6 Å². The van der Waals surface area contributed by atoms with Crippen LogP contribution in [-0.4, -0.2) is 34.4 Å². The van der Waals surface area contributed by atoms with Crippen molar-refractivity contribution in [2.45, 2.75) is 31.7 Å². The first-order valence-corrected chi connectivity index (χ1v) is 9.98. The van der Waals surface area contributed by atoms with Gasteiger partial charge in [0, 0.05) is 30.0 Å². The number of hydrogen-bond donors (Lipinski definition) is 1. The Bertz CT molecular complexity index is 920. The number of halogens is 1. The van der Waals surface area contributed by atoms with Crippen LogP contribution in [-0.2, 0) is 24.2 Å². The fourth-order valence-corrected chi connectivity index (χ4v) is 3.45. The van der Waals surface area contributed by atoms with Crippen molar-refractivity contribution in [1.82, 2.24) is 9.78 Å². The molecule has 0 amide bonds. The molecule has 0 fully saturated rings. The number of Topliss-reactive ketones (excluding diaryl/α,β-unsaturated/α-hetero) is 1. The number of ether oxygens (including phenoxy) is 1. The van der Waals surface area contributed by atoms with Gasteiger partial charge in [0.05, 0.1) is 26.0 Å². The molecule has 5 nitrogen and oxygen atoms in total. The quantitative estimate of drug-likeness (QED) is 0.545. The van der Waals surface area contributed by atoms with Crippen LogP contribution in [0.5, 0.6) is 5.75 Å². The second-order valence-electron chi connectivity index (χ2n) is 7.02. The Hall–Kier alpha value is -2.63. The molecule has 1 aromatic heterocycles. The Balaban J connectivity index is 1.75. The molecular formula is C23H25ClN2O3. The summed E-state index contributed by atoms with van der Waals surface area (Å²) in [5.41, 5.74) is 2.93. The summed E-state index contributed by atoms with van der Waals surface area (Å²) in [6.07, 6.45) is 3.31. The van der Waals surface area contributed by atoms with Gasteiger partial charge >= 0.3 is 0 Å². The van der Waals surface area contributed by atoms with Gasteiger partial charge < -0.3 is 9.84 Å². The van der Waals surface area contributed by atoms with Crippen LogP contribution in [0.25, 0.3) is 0 Å². The number of hydrogen-bond acceptors (Lipinski definition) is 4. The number of aliphatic hydroxyl groups excluding tert-OH is 1. The number of carbonyl (C=O) groups excluding carboxylic acids is 1. The van der Waals surface area contributed by atoms with Crippen molar-refractivity contribution in [1.29, 1.82) is 0 Å². The molecule has 3 rings (SSSR count). The summed E-state index contributed by atoms with van der Waals surface area (Å²) < 4.78 is 6.93. The number of nitrogens with zero attached hydrogens (tertiary/aromatic N) is 2. The number of methoxy groups -OCH3 is 1. The fraction of sp³-hybridized carbons (Fsp3) is 0.304. The predicted octanol–water partition coefficient (Wildman–Crippen LogP) is 4.07. The molecule has 1 N–H and O–H groups in total. The van der Waals surface area contributed by atoms with Crippen molar-refractivity contribution in [3.8, 4) is 5.75 Å². The first-order valence-electron chi connectivity index (χ1n) is 9.60. The van der Waals surface area contributed by atoms with Crippen molar-refractivity contribution in [3.63, 3.8) is 0 Å². The van der Waals surface area contributed by atoms with Crippen LogP contribution in [0, 0.1) is 0 Å². The summed E-state index contributed by atoms with van der Waals surface area (Å²) in [6, 6.07) is 17.2. The largest absolute Gasteiger partial charge is 0.497 e. The van der Waals surface area contributed by atoms with Crippen LogP contribution in [0.2, 0.25) is 5.02 Å². The molecule has 0 radical (unpaired) electrons. The van der Waals surface area contributed by atoms with Crippen molar-refractivity contribution < 1.29 is 14.6 Å². The molecule has 0 bridgehead atoms. The van der Waals surface area contributed by atoms with E-state index in [1.54, 1.807) is 23.9 Å². The highest BCUT2D eigenvalue weighted by Gasteiger charge is 2.20. The minimum Gasteiger partial charge on any atom is -0.497 e. The van der Waals surface area contributed by atoms with Crippen molar-refractivity contribution >= 4 is 17.4 Å². The Labute approximate surface area is 175 Å². The molecule has 0 aliphatic rings. The maximum absolute atomic E-state index is 12.8. The van der Waals surface area contributed by atoms with Gasteiger partial charge in [-0.3, -0.25) is 9.48 Å². The monoisotopic (exact) mass is 412 g/mol. The zero-order valence-electron chi connectivity index (χ0n) is 16.4. The van der Waals surface area contributed by atoms with Gasteiger partial charge in [0.2, 0.25) is 0 Å². The number of aliphatic hydroxyl groups is 1. The average Bonchev–Trinajstić information content (AvgIpc) is 3.19. The third kappa shape index (κ3) is 6.17. The summed E-state index contributed by atoms with van der Waals surface area (Å²) in [5, 5.41) is 14.4. The number of rotatable bonds is 10. The van der Waals surface area contributed by atoms with Gasteiger partial charge in [-0.15, -0.1) is 0 Å². The summed E-state index contributed by atoms with van der Waals surface area (Å²) in [7, 11) is 1.64. The van der Waals surface area contributed by atoms with Crippen LogP contribution in [0.15, 0.2) is 60.8 Å². The van der Waals surface area contributed by atoms with Gasteiger partial charge in [-0.2, -0.15) is 5.10 Å².